The Bertz CT molecular complexity index is 338. The van der Waals surface area contributed by atoms with Crippen molar-refractivity contribution < 1.29 is 4.79 Å². The lowest BCUT2D eigenvalue weighted by atomic mass is 10.1. The fourth-order valence-electron chi connectivity index (χ4n) is 1.91. The second-order valence-corrected chi connectivity index (χ2v) is 4.79. The molecule has 0 aliphatic heterocycles. The van der Waals surface area contributed by atoms with Crippen LogP contribution in [0.4, 0.5) is 0 Å². The van der Waals surface area contributed by atoms with E-state index in [1.165, 1.54) is 24.8 Å². The van der Waals surface area contributed by atoms with E-state index in [4.69, 9.17) is 0 Å². The van der Waals surface area contributed by atoms with E-state index in [0.29, 0.717) is 6.42 Å². The van der Waals surface area contributed by atoms with Gasteiger partial charge in [-0.15, -0.1) is 0 Å². The molecule has 106 valence electrons. The normalized spacial score (nSPS) is 10.4. The van der Waals surface area contributed by atoms with Crippen molar-refractivity contribution in [3.05, 3.63) is 35.9 Å². The van der Waals surface area contributed by atoms with Crippen LogP contribution in [0.3, 0.4) is 0 Å². The molecule has 0 aromatic heterocycles. The second-order valence-electron chi connectivity index (χ2n) is 4.79. The topological polar surface area (TPSA) is 41.1 Å². The van der Waals surface area contributed by atoms with Crippen molar-refractivity contribution in [3.63, 3.8) is 0 Å². The Labute approximate surface area is 116 Å². The van der Waals surface area contributed by atoms with E-state index >= 15 is 0 Å². The molecule has 0 atom stereocenters. The van der Waals surface area contributed by atoms with Gasteiger partial charge in [0.1, 0.15) is 0 Å². The Hall–Kier alpha value is -1.35. The molecule has 19 heavy (non-hydrogen) atoms. The summed E-state index contributed by atoms with van der Waals surface area (Å²) in [5, 5.41) is 6.25. The van der Waals surface area contributed by atoms with Crippen LogP contribution in [-0.2, 0) is 11.2 Å². The number of nitrogens with one attached hydrogen (secondary N) is 2. The van der Waals surface area contributed by atoms with Gasteiger partial charge in [-0.2, -0.15) is 0 Å². The molecule has 3 nitrogen and oxygen atoms in total. The van der Waals surface area contributed by atoms with Crippen LogP contribution < -0.4 is 10.6 Å². The fourth-order valence-corrected chi connectivity index (χ4v) is 1.91. The average molecular weight is 262 g/mol. The van der Waals surface area contributed by atoms with Crippen molar-refractivity contribution in [3.8, 4) is 0 Å². The van der Waals surface area contributed by atoms with E-state index in [9.17, 15) is 4.79 Å². The summed E-state index contributed by atoms with van der Waals surface area (Å²) in [5.41, 5.74) is 1.26. The molecule has 0 saturated carbocycles. The molecule has 0 radical (unpaired) electrons. The van der Waals surface area contributed by atoms with E-state index in [1.807, 2.05) is 18.2 Å². The second kappa shape index (κ2) is 10.6. The van der Waals surface area contributed by atoms with Crippen molar-refractivity contribution in [1.29, 1.82) is 0 Å². The van der Waals surface area contributed by atoms with Gasteiger partial charge in [0.15, 0.2) is 0 Å². The molecule has 1 aromatic carbocycles. The SMILES string of the molecule is CCCCCNCCC(=O)NCCc1ccccc1. The molecule has 1 aromatic rings. The molecule has 0 saturated heterocycles. The number of unbranched alkanes of at least 4 members (excludes halogenated alkanes) is 2. The minimum absolute atomic E-state index is 0.138. The van der Waals surface area contributed by atoms with Gasteiger partial charge in [0, 0.05) is 19.5 Å². The first-order valence-corrected chi connectivity index (χ1v) is 7.34. The number of hydrogen-bond acceptors (Lipinski definition) is 2. The third-order valence-electron chi connectivity index (χ3n) is 3.06. The minimum Gasteiger partial charge on any atom is -0.356 e. The van der Waals surface area contributed by atoms with Gasteiger partial charge in [-0.3, -0.25) is 4.79 Å². The van der Waals surface area contributed by atoms with Crippen LogP contribution in [0.2, 0.25) is 0 Å². The van der Waals surface area contributed by atoms with E-state index in [1.54, 1.807) is 0 Å². The summed E-state index contributed by atoms with van der Waals surface area (Å²) in [6.45, 7) is 4.71. The van der Waals surface area contributed by atoms with Gasteiger partial charge in [0.25, 0.3) is 0 Å². The van der Waals surface area contributed by atoms with Crippen molar-refractivity contribution >= 4 is 5.91 Å². The fraction of sp³-hybridized carbons (Fsp3) is 0.562. The van der Waals surface area contributed by atoms with Gasteiger partial charge < -0.3 is 10.6 Å². The lowest BCUT2D eigenvalue weighted by Crippen LogP contribution is -2.29. The van der Waals surface area contributed by atoms with Gasteiger partial charge in [0.2, 0.25) is 5.91 Å². The van der Waals surface area contributed by atoms with Crippen molar-refractivity contribution in [2.75, 3.05) is 19.6 Å². The first-order chi connectivity index (χ1) is 9.33. The van der Waals surface area contributed by atoms with E-state index in [2.05, 4.69) is 29.7 Å². The summed E-state index contributed by atoms with van der Waals surface area (Å²) in [7, 11) is 0. The summed E-state index contributed by atoms with van der Waals surface area (Å²) >= 11 is 0. The third-order valence-corrected chi connectivity index (χ3v) is 3.06. The zero-order valence-corrected chi connectivity index (χ0v) is 12.0. The van der Waals surface area contributed by atoms with Gasteiger partial charge in [-0.25, -0.2) is 0 Å². The molecular formula is C16H26N2O. The van der Waals surface area contributed by atoms with Gasteiger partial charge >= 0.3 is 0 Å². The van der Waals surface area contributed by atoms with Crippen LogP contribution in [0.5, 0.6) is 0 Å². The Morgan fingerprint density at radius 1 is 1.05 bits per heavy atom. The Kier molecular flexibility index (Phi) is 8.73. The molecule has 1 amide bonds. The van der Waals surface area contributed by atoms with Crippen LogP contribution in [0.1, 0.15) is 38.2 Å². The summed E-state index contributed by atoms with van der Waals surface area (Å²) in [5.74, 6) is 0.138. The van der Waals surface area contributed by atoms with E-state index in [-0.39, 0.29) is 5.91 Å². The van der Waals surface area contributed by atoms with Crippen molar-refractivity contribution in [1.82, 2.24) is 10.6 Å². The maximum Gasteiger partial charge on any atom is 0.221 e. The monoisotopic (exact) mass is 262 g/mol. The van der Waals surface area contributed by atoms with Gasteiger partial charge in [0.05, 0.1) is 0 Å². The summed E-state index contributed by atoms with van der Waals surface area (Å²) in [6, 6.07) is 10.2. The van der Waals surface area contributed by atoms with E-state index in [0.717, 1.165) is 26.1 Å². The van der Waals surface area contributed by atoms with Crippen LogP contribution in [-0.4, -0.2) is 25.5 Å². The highest BCUT2D eigenvalue weighted by Gasteiger charge is 2.00. The highest BCUT2D eigenvalue weighted by molar-refractivity contribution is 5.76. The summed E-state index contributed by atoms with van der Waals surface area (Å²) in [6.07, 6.45) is 5.17. The van der Waals surface area contributed by atoms with Crippen LogP contribution >= 0.6 is 0 Å². The predicted octanol–water partition coefficient (Wildman–Crippen LogP) is 2.52. The lowest BCUT2D eigenvalue weighted by Gasteiger charge is -2.06. The highest BCUT2D eigenvalue weighted by Crippen LogP contribution is 1.98. The number of amides is 1. The molecule has 2 N–H and O–H groups in total. The van der Waals surface area contributed by atoms with Gasteiger partial charge in [-0.1, -0.05) is 50.1 Å². The molecule has 0 fully saturated rings. The number of carbonyl (C=O) groups excluding carboxylic acids is 1. The van der Waals surface area contributed by atoms with Gasteiger partial charge in [-0.05, 0) is 24.9 Å². The molecule has 0 heterocycles. The molecule has 0 bridgehead atoms. The lowest BCUT2D eigenvalue weighted by molar-refractivity contribution is -0.120. The number of hydrogen-bond donors (Lipinski definition) is 2. The van der Waals surface area contributed by atoms with Crippen molar-refractivity contribution in [2.45, 2.75) is 39.0 Å². The molecule has 0 spiro atoms. The largest absolute Gasteiger partial charge is 0.356 e. The maximum atomic E-state index is 11.6. The number of rotatable bonds is 10. The summed E-state index contributed by atoms with van der Waals surface area (Å²) in [4.78, 5) is 11.6. The first kappa shape index (κ1) is 15.7. The Morgan fingerprint density at radius 3 is 2.58 bits per heavy atom. The Morgan fingerprint density at radius 2 is 1.84 bits per heavy atom. The average Bonchev–Trinajstić information content (AvgIpc) is 2.44. The predicted molar refractivity (Wildman–Crippen MR) is 80.2 cm³/mol. The number of benzene rings is 1. The zero-order valence-electron chi connectivity index (χ0n) is 12.0. The quantitative estimate of drug-likeness (QED) is 0.636. The summed E-state index contributed by atoms with van der Waals surface area (Å²) < 4.78 is 0. The maximum absolute atomic E-state index is 11.6. The number of carbonyl (C=O) groups is 1. The molecule has 0 aliphatic rings. The van der Waals surface area contributed by atoms with E-state index < -0.39 is 0 Å². The third kappa shape index (κ3) is 8.38. The molecular weight excluding hydrogens is 236 g/mol. The Balaban J connectivity index is 1.96. The first-order valence-electron chi connectivity index (χ1n) is 7.34. The molecule has 3 heteroatoms. The highest BCUT2D eigenvalue weighted by atomic mass is 16.1. The standard InChI is InChI=1S/C16H26N2O/c1-2-3-7-12-17-13-11-16(19)18-14-10-15-8-5-4-6-9-15/h4-6,8-9,17H,2-3,7,10-14H2,1H3,(H,18,19). The van der Waals surface area contributed by atoms with Crippen LogP contribution in [0, 0.1) is 0 Å². The molecule has 1 rings (SSSR count). The minimum atomic E-state index is 0.138. The van der Waals surface area contributed by atoms with Crippen LogP contribution in [0.25, 0.3) is 0 Å². The molecule has 0 aliphatic carbocycles. The van der Waals surface area contributed by atoms with Crippen molar-refractivity contribution in [2.24, 2.45) is 0 Å². The smallest absolute Gasteiger partial charge is 0.221 e. The zero-order chi connectivity index (χ0) is 13.8. The van der Waals surface area contributed by atoms with Crippen LogP contribution in [0.15, 0.2) is 30.3 Å². The molecule has 0 unspecified atom stereocenters.